The van der Waals surface area contributed by atoms with Gasteiger partial charge in [0.1, 0.15) is 0 Å². The van der Waals surface area contributed by atoms with Gasteiger partial charge in [-0.25, -0.2) is 0 Å². The van der Waals surface area contributed by atoms with Gasteiger partial charge in [-0.05, 0) is 12.6 Å². The van der Waals surface area contributed by atoms with Crippen LogP contribution in [0.4, 0.5) is 0 Å². The van der Waals surface area contributed by atoms with Crippen molar-refractivity contribution in [1.29, 1.82) is 0 Å². The van der Waals surface area contributed by atoms with Crippen LogP contribution in [-0.2, 0) is 20.1 Å². The summed E-state index contributed by atoms with van der Waals surface area (Å²) >= 11 is 0. The van der Waals surface area contributed by atoms with E-state index in [1.807, 2.05) is 36.4 Å². The van der Waals surface area contributed by atoms with Crippen LogP contribution in [0, 0.1) is 13.5 Å². The molecule has 0 fully saturated rings. The molecule has 23 heavy (non-hydrogen) atoms. The van der Waals surface area contributed by atoms with E-state index in [1.54, 1.807) is 12.3 Å². The molecule has 3 heteroatoms. The molecule has 119 valence electrons. The Kier molecular flexibility index (Phi) is 7.02. The Balaban J connectivity index is 0.00000132. The number of nitrogens with zero attached hydrogens (tertiary/aromatic N) is 1. The van der Waals surface area contributed by atoms with E-state index in [-0.39, 0.29) is 33.3 Å². The molecule has 0 aliphatic heterocycles. The average molecular weight is 480 g/mol. The van der Waals surface area contributed by atoms with E-state index in [0.29, 0.717) is 5.56 Å². The predicted octanol–water partition coefficient (Wildman–Crippen LogP) is 4.87. The zero-order valence-electron chi connectivity index (χ0n) is 13.0. The van der Waals surface area contributed by atoms with Gasteiger partial charge in [0.2, 0.25) is 0 Å². The molecule has 0 spiro atoms. The molecule has 0 N–H and O–H groups in total. The van der Waals surface area contributed by atoms with E-state index >= 15 is 0 Å². The van der Waals surface area contributed by atoms with E-state index in [9.17, 15) is 4.79 Å². The minimum absolute atomic E-state index is 0. The van der Waals surface area contributed by atoms with Crippen molar-refractivity contribution < 1.29 is 24.9 Å². The SMILES string of the molecule is CC(=O)c1ccc(-c2[c-]cc(-c3ccccc3)cc2)nc1.[CH3-].[Ir]. The molecule has 3 aromatic rings. The molecule has 0 aliphatic rings. The van der Waals surface area contributed by atoms with Gasteiger partial charge in [-0.2, -0.15) is 0 Å². The van der Waals surface area contributed by atoms with Crippen molar-refractivity contribution in [2.45, 2.75) is 6.92 Å². The van der Waals surface area contributed by atoms with Crippen molar-refractivity contribution in [3.63, 3.8) is 0 Å². The second kappa shape index (κ2) is 8.52. The van der Waals surface area contributed by atoms with E-state index < -0.39 is 0 Å². The summed E-state index contributed by atoms with van der Waals surface area (Å²) in [5, 5.41) is 0. The second-order valence-electron chi connectivity index (χ2n) is 4.85. The number of pyridine rings is 1. The summed E-state index contributed by atoms with van der Waals surface area (Å²) in [6.07, 6.45) is 1.61. The summed E-state index contributed by atoms with van der Waals surface area (Å²) in [4.78, 5) is 15.6. The van der Waals surface area contributed by atoms with Crippen LogP contribution in [0.5, 0.6) is 0 Å². The van der Waals surface area contributed by atoms with Crippen molar-refractivity contribution >= 4 is 5.78 Å². The molecule has 1 heterocycles. The fraction of sp³-hybridized carbons (Fsp3) is 0.0500. The summed E-state index contributed by atoms with van der Waals surface area (Å²) < 4.78 is 0. The minimum atomic E-state index is 0. The van der Waals surface area contributed by atoms with Crippen molar-refractivity contribution in [1.82, 2.24) is 4.98 Å². The maximum Gasteiger partial charge on any atom is 0.161 e. The summed E-state index contributed by atoms with van der Waals surface area (Å²) in [6, 6.07) is 23.1. The van der Waals surface area contributed by atoms with Gasteiger partial charge in [0.05, 0.1) is 0 Å². The molecule has 0 unspecified atom stereocenters. The van der Waals surface area contributed by atoms with Crippen LogP contribution in [0.15, 0.2) is 66.9 Å². The molecule has 0 saturated heterocycles. The third-order valence-corrected chi connectivity index (χ3v) is 3.37. The number of carbonyl (C=O) groups excluding carboxylic acids is 1. The van der Waals surface area contributed by atoms with Crippen LogP contribution in [0.3, 0.4) is 0 Å². The minimum Gasteiger partial charge on any atom is -0.358 e. The maximum absolute atomic E-state index is 11.2. The first kappa shape index (κ1) is 19.0. The molecule has 0 aliphatic carbocycles. The van der Waals surface area contributed by atoms with Gasteiger partial charge in [0, 0.05) is 31.9 Å². The van der Waals surface area contributed by atoms with Crippen molar-refractivity contribution in [2.24, 2.45) is 0 Å². The van der Waals surface area contributed by atoms with Gasteiger partial charge < -0.3 is 12.4 Å². The van der Waals surface area contributed by atoms with E-state index in [2.05, 4.69) is 29.2 Å². The van der Waals surface area contributed by atoms with E-state index in [0.717, 1.165) is 16.8 Å². The molecule has 0 saturated carbocycles. The van der Waals surface area contributed by atoms with E-state index in [4.69, 9.17) is 0 Å². The van der Waals surface area contributed by atoms with Crippen molar-refractivity contribution in [3.05, 3.63) is 85.9 Å². The predicted molar refractivity (Wildman–Crippen MR) is 90.4 cm³/mol. The quantitative estimate of drug-likeness (QED) is 0.397. The summed E-state index contributed by atoms with van der Waals surface area (Å²) in [5.41, 5.74) is 4.66. The number of Topliss-reactive ketones (excluding diaryl/α,β-unsaturated/α-hetero) is 1. The fourth-order valence-electron chi connectivity index (χ4n) is 2.16. The molecule has 1 radical (unpaired) electrons. The Morgan fingerprint density at radius 1 is 0.957 bits per heavy atom. The largest absolute Gasteiger partial charge is 0.358 e. The summed E-state index contributed by atoms with van der Waals surface area (Å²) in [7, 11) is 0. The first-order valence-corrected chi connectivity index (χ1v) is 6.78. The Labute approximate surface area is 151 Å². The van der Waals surface area contributed by atoms with Crippen molar-refractivity contribution in [3.8, 4) is 22.4 Å². The normalized spacial score (nSPS) is 9.43. The Morgan fingerprint density at radius 3 is 2.22 bits per heavy atom. The number of benzene rings is 2. The Hall–Kier alpha value is -2.09. The van der Waals surface area contributed by atoms with Crippen LogP contribution < -0.4 is 0 Å². The van der Waals surface area contributed by atoms with E-state index in [1.165, 1.54) is 12.5 Å². The molecule has 1 aromatic heterocycles. The fourth-order valence-corrected chi connectivity index (χ4v) is 2.16. The third-order valence-electron chi connectivity index (χ3n) is 3.37. The third kappa shape index (κ3) is 4.44. The summed E-state index contributed by atoms with van der Waals surface area (Å²) in [6.45, 7) is 1.54. The molecule has 0 amide bonds. The Morgan fingerprint density at radius 2 is 1.70 bits per heavy atom. The van der Waals surface area contributed by atoms with Gasteiger partial charge in [-0.15, -0.1) is 29.8 Å². The molecule has 2 nitrogen and oxygen atoms in total. The number of rotatable bonds is 3. The standard InChI is InChI=1S/C19H14NO.CH3.Ir/c1-14(21)18-11-12-19(20-13-18)17-9-7-16(8-10-17)15-5-3-2-4-6-15;;/h2-9,11-13H,1H3;1H3;/q2*-1;. The zero-order chi connectivity index (χ0) is 14.7. The molecular weight excluding hydrogens is 462 g/mol. The molecule has 3 rings (SSSR count). The molecular formula is C20H17IrNO-2. The van der Waals surface area contributed by atoms with Crippen LogP contribution in [0.1, 0.15) is 17.3 Å². The topological polar surface area (TPSA) is 30.0 Å². The van der Waals surface area contributed by atoms with Gasteiger partial charge >= 0.3 is 0 Å². The number of hydrogen-bond donors (Lipinski definition) is 0. The average Bonchev–Trinajstić information content (AvgIpc) is 2.56. The molecule has 2 aromatic carbocycles. The van der Waals surface area contributed by atoms with Crippen LogP contribution in [0.2, 0.25) is 0 Å². The molecule has 0 bridgehead atoms. The number of aromatic nitrogens is 1. The molecule has 0 atom stereocenters. The van der Waals surface area contributed by atoms with Crippen LogP contribution in [-0.4, -0.2) is 10.8 Å². The number of hydrogen-bond acceptors (Lipinski definition) is 2. The van der Waals surface area contributed by atoms with Crippen LogP contribution in [0.25, 0.3) is 22.4 Å². The van der Waals surface area contributed by atoms with Gasteiger partial charge in [-0.3, -0.25) is 4.79 Å². The maximum atomic E-state index is 11.2. The van der Waals surface area contributed by atoms with Gasteiger partial charge in [-0.1, -0.05) is 53.6 Å². The van der Waals surface area contributed by atoms with Crippen molar-refractivity contribution in [2.75, 3.05) is 0 Å². The first-order chi connectivity index (χ1) is 10.2. The first-order valence-electron chi connectivity index (χ1n) is 6.78. The number of carbonyl (C=O) groups is 1. The monoisotopic (exact) mass is 480 g/mol. The summed E-state index contributed by atoms with van der Waals surface area (Å²) in [5.74, 6) is 0.0254. The second-order valence-corrected chi connectivity index (χ2v) is 4.85. The van der Waals surface area contributed by atoms with Crippen LogP contribution >= 0.6 is 0 Å². The zero-order valence-corrected chi connectivity index (χ0v) is 15.4. The van der Waals surface area contributed by atoms with Gasteiger partial charge in [0.15, 0.2) is 5.78 Å². The van der Waals surface area contributed by atoms with Gasteiger partial charge in [0.25, 0.3) is 0 Å². The number of ketones is 1. The Bertz CT molecular complexity index is 750. The smallest absolute Gasteiger partial charge is 0.161 e.